The van der Waals surface area contributed by atoms with E-state index in [1.165, 1.54) is 5.56 Å². The maximum Gasteiger partial charge on any atom is 0.217 e. The minimum absolute atomic E-state index is 0.0824. The number of anilines is 2. The molecule has 0 radical (unpaired) electrons. The van der Waals surface area contributed by atoms with Crippen LogP contribution in [-0.4, -0.2) is 62.7 Å². The Bertz CT molecular complexity index is 941. The molecular weight excluding hydrogens is 394 g/mol. The van der Waals surface area contributed by atoms with Crippen molar-refractivity contribution in [1.29, 1.82) is 0 Å². The van der Waals surface area contributed by atoms with E-state index in [9.17, 15) is 0 Å². The fourth-order valence-electron chi connectivity index (χ4n) is 3.54. The van der Waals surface area contributed by atoms with Crippen molar-refractivity contribution in [2.75, 3.05) is 49.8 Å². The van der Waals surface area contributed by atoms with Crippen LogP contribution in [0.2, 0.25) is 0 Å². The van der Waals surface area contributed by atoms with Crippen molar-refractivity contribution in [2.45, 2.75) is 26.4 Å². The molecule has 8 heteroatoms. The molecule has 1 saturated heterocycles. The van der Waals surface area contributed by atoms with Crippen molar-refractivity contribution in [3.63, 3.8) is 0 Å². The Balaban J connectivity index is 1.43. The lowest BCUT2D eigenvalue weighted by atomic mass is 10.2. The maximum absolute atomic E-state index is 5.96. The zero-order chi connectivity index (χ0) is 21.5. The number of ether oxygens (including phenoxy) is 3. The van der Waals surface area contributed by atoms with Crippen LogP contribution in [0.4, 0.5) is 11.5 Å². The van der Waals surface area contributed by atoms with Crippen LogP contribution in [0.15, 0.2) is 46.5 Å². The average molecular weight is 424 g/mol. The number of hydrogen-bond acceptors (Lipinski definition) is 8. The first-order valence-corrected chi connectivity index (χ1v) is 10.7. The first-order valence-electron chi connectivity index (χ1n) is 10.7. The van der Waals surface area contributed by atoms with E-state index in [1.807, 2.05) is 31.2 Å². The second-order valence-corrected chi connectivity index (χ2v) is 7.67. The topological polar surface area (TPSA) is 80.6 Å². The quantitative estimate of drug-likeness (QED) is 0.519. The van der Waals surface area contributed by atoms with Crippen molar-refractivity contribution in [3.8, 4) is 5.88 Å². The highest BCUT2D eigenvalue weighted by Gasteiger charge is 2.18. The number of aromatic nitrogens is 1. The summed E-state index contributed by atoms with van der Waals surface area (Å²) in [5, 5.41) is 4.36. The van der Waals surface area contributed by atoms with Gasteiger partial charge in [-0.2, -0.15) is 10.1 Å². The van der Waals surface area contributed by atoms with Crippen LogP contribution in [0.3, 0.4) is 0 Å². The molecule has 1 unspecified atom stereocenters. The molecule has 0 saturated carbocycles. The molecule has 4 rings (SSSR count). The molecule has 0 amide bonds. The van der Waals surface area contributed by atoms with Gasteiger partial charge in [0.25, 0.3) is 0 Å². The Morgan fingerprint density at radius 1 is 1.23 bits per heavy atom. The molecule has 3 heterocycles. The van der Waals surface area contributed by atoms with Crippen LogP contribution >= 0.6 is 0 Å². The summed E-state index contributed by atoms with van der Waals surface area (Å²) in [7, 11) is 0. The van der Waals surface area contributed by atoms with Gasteiger partial charge in [0.2, 0.25) is 5.88 Å². The molecule has 2 aromatic rings. The van der Waals surface area contributed by atoms with Gasteiger partial charge in [-0.15, -0.1) is 0 Å². The number of pyridine rings is 1. The summed E-state index contributed by atoms with van der Waals surface area (Å²) in [6.45, 7) is 8.24. The fraction of sp³-hybridized carbons (Fsp3) is 0.435. The van der Waals surface area contributed by atoms with Gasteiger partial charge < -0.3 is 19.1 Å². The number of aryl methyl sites for hydroxylation is 1. The molecule has 1 atom stereocenters. The van der Waals surface area contributed by atoms with Crippen LogP contribution in [-0.2, 0) is 9.47 Å². The Labute approximate surface area is 182 Å². The van der Waals surface area contributed by atoms with Crippen LogP contribution in [0.25, 0.3) is 0 Å². The summed E-state index contributed by atoms with van der Waals surface area (Å²) < 4.78 is 17.1. The van der Waals surface area contributed by atoms with Gasteiger partial charge in [0, 0.05) is 44.3 Å². The molecule has 8 nitrogen and oxygen atoms in total. The monoisotopic (exact) mass is 423 g/mol. The van der Waals surface area contributed by atoms with Crippen molar-refractivity contribution in [1.82, 2.24) is 4.98 Å². The van der Waals surface area contributed by atoms with Gasteiger partial charge in [0.05, 0.1) is 32.6 Å². The van der Waals surface area contributed by atoms with E-state index >= 15 is 0 Å². The second kappa shape index (κ2) is 10.3. The molecule has 1 fully saturated rings. The van der Waals surface area contributed by atoms with Gasteiger partial charge >= 0.3 is 0 Å². The van der Waals surface area contributed by atoms with Gasteiger partial charge in [-0.3, -0.25) is 10.4 Å². The standard InChI is InChI=1S/C23H29N5O3/c1-17-4-3-5-19(12-17)15-25-27-22-13-20(28-7-10-29-11-8-28)14-23(26-22)30-9-6-21-16-24-18(2)31-21/h3-5,12-15,21H,6-11,16H2,1-2H3,(H,26,27)/b25-15+. The predicted molar refractivity (Wildman–Crippen MR) is 123 cm³/mol. The van der Waals surface area contributed by atoms with Crippen LogP contribution in [0, 0.1) is 6.92 Å². The molecule has 0 bridgehead atoms. The SMILES string of the molecule is CC1=NCC(CCOc2cc(N3CCOCC3)cc(N/N=C/c3cccc(C)c3)n2)O1. The molecule has 164 valence electrons. The lowest BCUT2D eigenvalue weighted by Gasteiger charge is -2.29. The van der Waals surface area contributed by atoms with Crippen LogP contribution in [0.5, 0.6) is 5.88 Å². The molecular formula is C23H29N5O3. The van der Waals surface area contributed by atoms with Crippen molar-refractivity contribution in [3.05, 3.63) is 47.5 Å². The number of rotatable bonds is 8. The fourth-order valence-corrected chi connectivity index (χ4v) is 3.54. The number of nitrogens with zero attached hydrogens (tertiary/aromatic N) is 4. The summed E-state index contributed by atoms with van der Waals surface area (Å²) >= 11 is 0. The van der Waals surface area contributed by atoms with Gasteiger partial charge in [0.15, 0.2) is 11.7 Å². The third kappa shape index (κ3) is 6.18. The number of nitrogens with one attached hydrogen (secondary N) is 1. The molecule has 0 aliphatic carbocycles. The van der Waals surface area contributed by atoms with E-state index in [-0.39, 0.29) is 6.10 Å². The second-order valence-electron chi connectivity index (χ2n) is 7.67. The number of benzene rings is 1. The van der Waals surface area contributed by atoms with E-state index in [4.69, 9.17) is 14.2 Å². The molecule has 1 aromatic carbocycles. The van der Waals surface area contributed by atoms with E-state index in [2.05, 4.69) is 44.5 Å². The zero-order valence-corrected chi connectivity index (χ0v) is 18.1. The Morgan fingerprint density at radius 3 is 2.87 bits per heavy atom. The number of aliphatic imine (C=N–C) groups is 1. The van der Waals surface area contributed by atoms with E-state index in [0.717, 1.165) is 36.7 Å². The van der Waals surface area contributed by atoms with Gasteiger partial charge in [-0.1, -0.05) is 29.8 Å². The largest absolute Gasteiger partial charge is 0.477 e. The molecule has 1 aromatic heterocycles. The predicted octanol–water partition coefficient (Wildman–Crippen LogP) is 3.26. The minimum atomic E-state index is 0.0824. The van der Waals surface area contributed by atoms with Crippen LogP contribution in [0.1, 0.15) is 24.5 Å². The summed E-state index contributed by atoms with van der Waals surface area (Å²) in [5.41, 5.74) is 6.31. The zero-order valence-electron chi connectivity index (χ0n) is 18.1. The smallest absolute Gasteiger partial charge is 0.217 e. The number of hydrogen-bond donors (Lipinski definition) is 1. The first-order chi connectivity index (χ1) is 15.2. The third-order valence-electron chi connectivity index (χ3n) is 5.14. The Morgan fingerprint density at radius 2 is 2.10 bits per heavy atom. The van der Waals surface area contributed by atoms with Gasteiger partial charge in [-0.25, -0.2) is 0 Å². The number of morpholine rings is 1. The highest BCUT2D eigenvalue weighted by molar-refractivity contribution is 5.80. The number of hydrazone groups is 1. The van der Waals surface area contributed by atoms with E-state index < -0.39 is 0 Å². The lowest BCUT2D eigenvalue weighted by molar-refractivity contribution is 0.122. The summed E-state index contributed by atoms with van der Waals surface area (Å²) in [6, 6.07) is 12.1. The average Bonchev–Trinajstić information content (AvgIpc) is 3.19. The van der Waals surface area contributed by atoms with Crippen LogP contribution < -0.4 is 15.1 Å². The first kappa shape index (κ1) is 21.1. The third-order valence-corrected chi connectivity index (χ3v) is 5.14. The van der Waals surface area contributed by atoms with Crippen molar-refractivity contribution < 1.29 is 14.2 Å². The highest BCUT2D eigenvalue weighted by atomic mass is 16.5. The normalized spacial score (nSPS) is 18.7. The molecule has 0 spiro atoms. The lowest BCUT2D eigenvalue weighted by Crippen LogP contribution is -2.36. The van der Waals surface area contributed by atoms with E-state index in [1.54, 1.807) is 6.21 Å². The molecule has 31 heavy (non-hydrogen) atoms. The minimum Gasteiger partial charge on any atom is -0.477 e. The molecule has 2 aliphatic heterocycles. The summed E-state index contributed by atoms with van der Waals surface area (Å²) in [6.07, 6.45) is 2.63. The highest BCUT2D eigenvalue weighted by Crippen LogP contribution is 2.25. The van der Waals surface area contributed by atoms with Gasteiger partial charge in [-0.05, 0) is 12.5 Å². The summed E-state index contributed by atoms with van der Waals surface area (Å²) in [4.78, 5) is 11.1. The van der Waals surface area contributed by atoms with E-state index in [0.29, 0.717) is 38.1 Å². The summed E-state index contributed by atoms with van der Waals surface area (Å²) in [5.74, 6) is 1.95. The molecule has 2 aliphatic rings. The van der Waals surface area contributed by atoms with Crippen molar-refractivity contribution in [2.24, 2.45) is 10.1 Å². The van der Waals surface area contributed by atoms with Gasteiger partial charge in [0.1, 0.15) is 6.10 Å². The Kier molecular flexibility index (Phi) is 6.99. The molecule has 1 N–H and O–H groups in total. The van der Waals surface area contributed by atoms with Crippen molar-refractivity contribution >= 4 is 23.6 Å². The maximum atomic E-state index is 5.96. The Hall–Kier alpha value is -3.13.